The second kappa shape index (κ2) is 6.60. The van der Waals surface area contributed by atoms with Crippen molar-refractivity contribution in [2.75, 3.05) is 11.5 Å². The zero-order valence-electron chi connectivity index (χ0n) is 8.37. The van der Waals surface area contributed by atoms with E-state index in [0.717, 1.165) is 29.2 Å². The third-order valence-corrected chi connectivity index (χ3v) is 3.32. The minimum absolute atomic E-state index is 0.636. The maximum absolute atomic E-state index is 8.37. The predicted molar refractivity (Wildman–Crippen MR) is 66.1 cm³/mol. The third-order valence-electron chi connectivity index (χ3n) is 1.91. The van der Waals surface area contributed by atoms with Crippen molar-refractivity contribution in [1.29, 1.82) is 5.26 Å². The lowest BCUT2D eigenvalue weighted by Gasteiger charge is -2.04. The zero-order chi connectivity index (χ0) is 11.1. The maximum Gasteiger partial charge on any atom is 0.0621 e. The Labute approximate surface area is 99.4 Å². The van der Waals surface area contributed by atoms with Gasteiger partial charge >= 0.3 is 0 Å². The molecule has 0 spiro atoms. The van der Waals surface area contributed by atoms with Crippen LogP contribution in [-0.4, -0.2) is 5.75 Å². The van der Waals surface area contributed by atoms with Crippen molar-refractivity contribution >= 4 is 29.1 Å². The number of hydrogen-bond acceptors (Lipinski definition) is 3. The Morgan fingerprint density at radius 2 is 2.20 bits per heavy atom. The third kappa shape index (κ3) is 4.46. The Morgan fingerprint density at radius 3 is 2.87 bits per heavy atom. The number of nitrogen functional groups attached to an aromatic ring is 1. The summed E-state index contributed by atoms with van der Waals surface area (Å²) in [6.07, 6.45) is 2.63. The minimum Gasteiger partial charge on any atom is -0.398 e. The van der Waals surface area contributed by atoms with E-state index < -0.39 is 0 Å². The van der Waals surface area contributed by atoms with Crippen LogP contribution in [0, 0.1) is 11.3 Å². The summed E-state index contributed by atoms with van der Waals surface area (Å²) >= 11 is 7.51. The van der Waals surface area contributed by atoms with Gasteiger partial charge in [0.1, 0.15) is 0 Å². The first-order valence-electron chi connectivity index (χ1n) is 4.79. The van der Waals surface area contributed by atoms with Gasteiger partial charge in [0, 0.05) is 22.0 Å². The maximum atomic E-state index is 8.37. The van der Waals surface area contributed by atoms with Gasteiger partial charge in [-0.3, -0.25) is 0 Å². The molecule has 80 valence electrons. The summed E-state index contributed by atoms with van der Waals surface area (Å²) in [5.74, 6) is 0.994. The highest BCUT2D eigenvalue weighted by Crippen LogP contribution is 2.28. The fourth-order valence-electron chi connectivity index (χ4n) is 1.14. The highest BCUT2D eigenvalue weighted by atomic mass is 35.5. The fraction of sp³-hybridized carbons (Fsp3) is 0.364. The van der Waals surface area contributed by atoms with E-state index in [-0.39, 0.29) is 0 Å². The lowest BCUT2D eigenvalue weighted by Crippen LogP contribution is -1.89. The molecule has 2 nitrogen and oxygen atoms in total. The van der Waals surface area contributed by atoms with Gasteiger partial charge in [-0.1, -0.05) is 11.6 Å². The summed E-state index contributed by atoms with van der Waals surface area (Å²) in [5.41, 5.74) is 6.53. The number of halogens is 1. The predicted octanol–water partition coefficient (Wildman–Crippen LogP) is 3.71. The normalized spacial score (nSPS) is 9.87. The van der Waals surface area contributed by atoms with Crippen LogP contribution >= 0.6 is 23.4 Å². The second-order valence-electron chi connectivity index (χ2n) is 3.15. The molecule has 0 aliphatic heterocycles. The molecule has 1 aromatic carbocycles. The van der Waals surface area contributed by atoms with Crippen LogP contribution in [-0.2, 0) is 0 Å². The highest BCUT2D eigenvalue weighted by molar-refractivity contribution is 7.99. The smallest absolute Gasteiger partial charge is 0.0621 e. The fourth-order valence-corrected chi connectivity index (χ4v) is 2.28. The summed E-state index contributed by atoms with van der Waals surface area (Å²) in [4.78, 5) is 1.07. The largest absolute Gasteiger partial charge is 0.398 e. The minimum atomic E-state index is 0.636. The molecule has 0 aliphatic carbocycles. The van der Waals surface area contributed by atoms with Gasteiger partial charge in [-0.25, -0.2) is 0 Å². The Morgan fingerprint density at radius 1 is 1.40 bits per heavy atom. The summed E-state index contributed by atoms with van der Waals surface area (Å²) in [6.45, 7) is 0. The zero-order valence-corrected chi connectivity index (χ0v) is 9.94. The van der Waals surface area contributed by atoms with Gasteiger partial charge in [-0.05, 0) is 36.8 Å². The standard InChI is InChI=1S/C11H13ClN2S/c12-9-4-5-11(10(14)8-9)15-7-3-1-2-6-13/h4-5,8H,1-3,7,14H2. The van der Waals surface area contributed by atoms with Crippen molar-refractivity contribution in [2.45, 2.75) is 24.2 Å². The quantitative estimate of drug-likeness (QED) is 0.485. The number of unbranched alkanes of at least 4 members (excludes halogenated alkanes) is 2. The van der Waals surface area contributed by atoms with E-state index in [0.29, 0.717) is 11.4 Å². The van der Waals surface area contributed by atoms with Crippen LogP contribution < -0.4 is 5.73 Å². The van der Waals surface area contributed by atoms with E-state index in [4.69, 9.17) is 22.6 Å². The van der Waals surface area contributed by atoms with Gasteiger partial charge in [0.05, 0.1) is 6.07 Å². The van der Waals surface area contributed by atoms with Gasteiger partial charge in [-0.15, -0.1) is 11.8 Å². The summed E-state index contributed by atoms with van der Waals surface area (Å²) in [5, 5.41) is 9.03. The SMILES string of the molecule is N#CCCCCSc1ccc(Cl)cc1N. The Bertz CT molecular complexity index is 360. The van der Waals surface area contributed by atoms with E-state index in [9.17, 15) is 0 Å². The molecule has 0 radical (unpaired) electrons. The molecule has 2 N–H and O–H groups in total. The number of benzene rings is 1. The Balaban J connectivity index is 2.35. The van der Waals surface area contributed by atoms with E-state index in [2.05, 4.69) is 6.07 Å². The molecule has 1 aromatic rings. The number of anilines is 1. The summed E-state index contributed by atoms with van der Waals surface area (Å²) < 4.78 is 0. The molecular weight excluding hydrogens is 228 g/mol. The van der Waals surface area contributed by atoms with Crippen molar-refractivity contribution in [3.63, 3.8) is 0 Å². The van der Waals surface area contributed by atoms with Crippen LogP contribution in [0.1, 0.15) is 19.3 Å². The van der Waals surface area contributed by atoms with E-state index >= 15 is 0 Å². The average Bonchev–Trinajstić information content (AvgIpc) is 2.20. The van der Waals surface area contributed by atoms with Gasteiger partial charge in [-0.2, -0.15) is 5.26 Å². The monoisotopic (exact) mass is 240 g/mol. The van der Waals surface area contributed by atoms with Gasteiger partial charge < -0.3 is 5.73 Å². The second-order valence-corrected chi connectivity index (χ2v) is 4.72. The van der Waals surface area contributed by atoms with Crippen molar-refractivity contribution in [2.24, 2.45) is 0 Å². The molecule has 0 fully saturated rings. The van der Waals surface area contributed by atoms with E-state index in [1.165, 1.54) is 0 Å². The molecule has 0 aromatic heterocycles. The molecule has 0 unspecified atom stereocenters. The molecule has 0 heterocycles. The van der Waals surface area contributed by atoms with Gasteiger partial charge in [0.25, 0.3) is 0 Å². The van der Waals surface area contributed by atoms with E-state index in [1.54, 1.807) is 17.8 Å². The van der Waals surface area contributed by atoms with Crippen molar-refractivity contribution in [1.82, 2.24) is 0 Å². The van der Waals surface area contributed by atoms with E-state index in [1.807, 2.05) is 12.1 Å². The van der Waals surface area contributed by atoms with Crippen LogP contribution in [0.15, 0.2) is 23.1 Å². The first kappa shape index (κ1) is 12.2. The number of nitrogens with zero attached hydrogens (tertiary/aromatic N) is 1. The number of rotatable bonds is 5. The molecule has 0 saturated heterocycles. The summed E-state index contributed by atoms with van der Waals surface area (Å²) in [6, 6.07) is 7.68. The molecule has 0 amide bonds. The van der Waals surface area contributed by atoms with Crippen LogP contribution in [0.5, 0.6) is 0 Å². The number of hydrogen-bond donors (Lipinski definition) is 1. The molecule has 0 bridgehead atoms. The number of nitriles is 1. The first-order valence-corrected chi connectivity index (χ1v) is 6.15. The molecule has 0 aliphatic rings. The average molecular weight is 241 g/mol. The lowest BCUT2D eigenvalue weighted by atomic mass is 10.3. The molecule has 4 heteroatoms. The molecular formula is C11H13ClN2S. The summed E-state index contributed by atoms with van der Waals surface area (Å²) in [7, 11) is 0. The lowest BCUT2D eigenvalue weighted by molar-refractivity contribution is 0.830. The van der Waals surface area contributed by atoms with Gasteiger partial charge in [0.15, 0.2) is 0 Å². The number of thioether (sulfide) groups is 1. The highest BCUT2D eigenvalue weighted by Gasteiger charge is 2.00. The number of nitrogens with two attached hydrogens (primary N) is 1. The molecule has 0 atom stereocenters. The Kier molecular flexibility index (Phi) is 5.38. The van der Waals surface area contributed by atoms with Crippen LogP contribution in [0.2, 0.25) is 5.02 Å². The van der Waals surface area contributed by atoms with Crippen molar-refractivity contribution in [3.05, 3.63) is 23.2 Å². The topological polar surface area (TPSA) is 49.8 Å². The first-order chi connectivity index (χ1) is 7.24. The Hall–Kier alpha value is -0.850. The van der Waals surface area contributed by atoms with Gasteiger partial charge in [0.2, 0.25) is 0 Å². The molecule has 1 rings (SSSR count). The van der Waals surface area contributed by atoms with Crippen LogP contribution in [0.3, 0.4) is 0 Å². The molecule has 0 saturated carbocycles. The molecule has 15 heavy (non-hydrogen) atoms. The van der Waals surface area contributed by atoms with Crippen LogP contribution in [0.4, 0.5) is 5.69 Å². The van der Waals surface area contributed by atoms with Crippen molar-refractivity contribution in [3.8, 4) is 6.07 Å². The van der Waals surface area contributed by atoms with Crippen molar-refractivity contribution < 1.29 is 0 Å². The van der Waals surface area contributed by atoms with Crippen LogP contribution in [0.25, 0.3) is 0 Å².